The number of nitrogens with two attached hydrogens (primary N) is 1. The maximum absolute atomic E-state index is 11.6. The van der Waals surface area contributed by atoms with Gasteiger partial charge in [0.2, 0.25) is 0 Å². The Morgan fingerprint density at radius 3 is 3.23 bits per heavy atom. The van der Waals surface area contributed by atoms with E-state index in [9.17, 15) is 4.79 Å². The molecule has 1 saturated heterocycles. The van der Waals surface area contributed by atoms with Crippen molar-refractivity contribution in [1.29, 1.82) is 0 Å². The van der Waals surface area contributed by atoms with Gasteiger partial charge in [0.05, 0.1) is 6.61 Å². The zero-order valence-corrected chi connectivity index (χ0v) is 15.9. The van der Waals surface area contributed by atoms with Crippen LogP contribution in [0.1, 0.15) is 43.9 Å². The van der Waals surface area contributed by atoms with Crippen molar-refractivity contribution >= 4 is 11.8 Å². The average Bonchev–Trinajstić information content (AvgIpc) is 3.12. The first kappa shape index (κ1) is 19.1. The molecule has 0 amide bonds. The second-order valence-electron chi connectivity index (χ2n) is 7.48. The van der Waals surface area contributed by atoms with Crippen molar-refractivity contribution in [3.05, 3.63) is 23.4 Å². The largest absolute Gasteiger partial charge is 0.465 e. The number of aromatic nitrogens is 1. The molecule has 0 radical (unpaired) electrons. The number of hydrogen-bond acceptors (Lipinski definition) is 6. The van der Waals surface area contributed by atoms with Gasteiger partial charge >= 0.3 is 5.97 Å². The summed E-state index contributed by atoms with van der Waals surface area (Å²) in [5.41, 5.74) is 8.44. The van der Waals surface area contributed by atoms with Gasteiger partial charge in [-0.3, -0.25) is 4.79 Å². The molecule has 3 heterocycles. The van der Waals surface area contributed by atoms with Crippen LogP contribution in [-0.2, 0) is 22.4 Å². The Morgan fingerprint density at radius 2 is 2.38 bits per heavy atom. The molecule has 0 bridgehead atoms. The van der Waals surface area contributed by atoms with E-state index in [4.69, 9.17) is 15.5 Å². The fourth-order valence-electron chi connectivity index (χ4n) is 3.90. The quantitative estimate of drug-likeness (QED) is 0.690. The molecular weight excluding hydrogens is 328 g/mol. The minimum atomic E-state index is -0.499. The minimum absolute atomic E-state index is 0.282. The summed E-state index contributed by atoms with van der Waals surface area (Å²) in [5, 5.41) is 3.41. The third kappa shape index (κ3) is 5.17. The molecule has 0 saturated carbocycles. The molecule has 3 N–H and O–H groups in total. The molecule has 26 heavy (non-hydrogen) atoms. The van der Waals surface area contributed by atoms with Crippen LogP contribution >= 0.6 is 0 Å². The summed E-state index contributed by atoms with van der Waals surface area (Å²) in [6.07, 6.45) is 6.44. The number of likely N-dealkylation sites (tertiary alicyclic amines) is 1. The maximum atomic E-state index is 11.6. The molecule has 6 nitrogen and oxygen atoms in total. The van der Waals surface area contributed by atoms with Gasteiger partial charge in [0, 0.05) is 25.3 Å². The highest BCUT2D eigenvalue weighted by atomic mass is 16.5. The third-order valence-corrected chi connectivity index (χ3v) is 5.48. The van der Waals surface area contributed by atoms with E-state index in [2.05, 4.69) is 22.3 Å². The fraction of sp³-hybridized carbons (Fsp3) is 0.700. The lowest BCUT2D eigenvalue weighted by atomic mass is 10.00. The Morgan fingerprint density at radius 1 is 1.50 bits per heavy atom. The summed E-state index contributed by atoms with van der Waals surface area (Å²) in [5.74, 6) is 1.52. The Bertz CT molecular complexity index is 607. The van der Waals surface area contributed by atoms with E-state index in [1.165, 1.54) is 30.5 Å². The Hall–Kier alpha value is -1.66. The van der Waals surface area contributed by atoms with E-state index in [0.717, 1.165) is 44.8 Å². The van der Waals surface area contributed by atoms with Crippen molar-refractivity contribution in [2.75, 3.05) is 38.1 Å². The summed E-state index contributed by atoms with van der Waals surface area (Å²) in [6.45, 7) is 6.30. The van der Waals surface area contributed by atoms with E-state index < -0.39 is 6.04 Å². The van der Waals surface area contributed by atoms with Gasteiger partial charge in [-0.15, -0.1) is 0 Å². The van der Waals surface area contributed by atoms with Crippen molar-refractivity contribution in [1.82, 2.24) is 9.88 Å². The number of anilines is 1. The van der Waals surface area contributed by atoms with Gasteiger partial charge in [0.15, 0.2) is 0 Å². The molecule has 6 heteroatoms. The van der Waals surface area contributed by atoms with Gasteiger partial charge in [0.1, 0.15) is 11.9 Å². The topological polar surface area (TPSA) is 80.5 Å². The Kier molecular flexibility index (Phi) is 6.86. The van der Waals surface area contributed by atoms with Gasteiger partial charge < -0.3 is 20.7 Å². The molecule has 144 valence electrons. The number of carbonyl (C=O) groups is 1. The molecular formula is C20H32N4O2. The molecule has 0 unspecified atom stereocenters. The molecule has 2 aliphatic heterocycles. The van der Waals surface area contributed by atoms with Gasteiger partial charge in [-0.2, -0.15) is 0 Å². The van der Waals surface area contributed by atoms with E-state index in [1.807, 2.05) is 6.92 Å². The van der Waals surface area contributed by atoms with E-state index >= 15 is 0 Å². The second kappa shape index (κ2) is 9.33. The van der Waals surface area contributed by atoms with Crippen LogP contribution in [0, 0.1) is 5.92 Å². The van der Waals surface area contributed by atoms with Crippen LogP contribution in [0.3, 0.4) is 0 Å². The van der Waals surface area contributed by atoms with E-state index in [0.29, 0.717) is 18.9 Å². The zero-order valence-electron chi connectivity index (χ0n) is 15.9. The first-order chi connectivity index (χ1) is 12.7. The van der Waals surface area contributed by atoms with Gasteiger partial charge in [0.25, 0.3) is 0 Å². The van der Waals surface area contributed by atoms with Gasteiger partial charge in [-0.1, -0.05) is 6.07 Å². The number of pyridine rings is 1. The third-order valence-electron chi connectivity index (χ3n) is 5.48. The standard InChI is InChI=1S/C20H32N4O2/c1-2-26-20(25)18(21)10-13-24-12-9-15(14-24)5-7-17-8-6-16-4-3-11-22-19(16)23-17/h6,8,15,18H,2-5,7,9-14,21H2,1H3,(H,22,23)/t15-,18+/m1/s1. The number of hydrogen-bond donors (Lipinski definition) is 2. The van der Waals surface area contributed by atoms with Crippen LogP contribution in [0.15, 0.2) is 12.1 Å². The van der Waals surface area contributed by atoms with E-state index in [-0.39, 0.29) is 5.97 Å². The fourth-order valence-corrected chi connectivity index (χ4v) is 3.90. The number of ether oxygens (including phenoxy) is 1. The van der Waals surface area contributed by atoms with E-state index in [1.54, 1.807) is 0 Å². The van der Waals surface area contributed by atoms with Crippen LogP contribution in [0.25, 0.3) is 0 Å². The van der Waals surface area contributed by atoms with Crippen molar-refractivity contribution < 1.29 is 9.53 Å². The second-order valence-corrected chi connectivity index (χ2v) is 7.48. The number of carbonyl (C=O) groups excluding carboxylic acids is 1. The van der Waals surface area contributed by atoms with Crippen LogP contribution in [0.5, 0.6) is 0 Å². The molecule has 0 spiro atoms. The summed E-state index contributed by atoms with van der Waals surface area (Å²) in [4.78, 5) is 18.8. The molecule has 1 aromatic heterocycles. The number of rotatable bonds is 8. The highest BCUT2D eigenvalue weighted by Crippen LogP contribution is 2.24. The lowest BCUT2D eigenvalue weighted by molar-refractivity contribution is -0.144. The lowest BCUT2D eigenvalue weighted by Gasteiger charge is -2.19. The first-order valence-corrected chi connectivity index (χ1v) is 10.0. The normalized spacial score (nSPS) is 21.1. The first-order valence-electron chi connectivity index (χ1n) is 10.0. The molecule has 0 aliphatic carbocycles. The molecule has 3 rings (SSSR count). The number of nitrogens with zero attached hydrogens (tertiary/aromatic N) is 2. The number of fused-ring (bicyclic) bond motifs is 1. The van der Waals surface area contributed by atoms with Gasteiger partial charge in [-0.25, -0.2) is 4.98 Å². The number of nitrogens with one attached hydrogen (secondary N) is 1. The van der Waals surface area contributed by atoms with Crippen LogP contribution in [0.4, 0.5) is 5.82 Å². The maximum Gasteiger partial charge on any atom is 0.322 e. The summed E-state index contributed by atoms with van der Waals surface area (Å²) in [7, 11) is 0. The zero-order chi connectivity index (χ0) is 18.4. The lowest BCUT2D eigenvalue weighted by Crippen LogP contribution is -2.36. The molecule has 1 aromatic rings. The molecule has 0 aromatic carbocycles. The van der Waals surface area contributed by atoms with Crippen LogP contribution < -0.4 is 11.1 Å². The SMILES string of the molecule is CCOC(=O)[C@@H](N)CCN1CC[C@@H](CCc2ccc3c(n2)NCCC3)C1. The average molecular weight is 361 g/mol. The smallest absolute Gasteiger partial charge is 0.322 e. The number of esters is 1. The van der Waals surface area contributed by atoms with Crippen LogP contribution in [0.2, 0.25) is 0 Å². The predicted molar refractivity (Wildman–Crippen MR) is 103 cm³/mol. The summed E-state index contributed by atoms with van der Waals surface area (Å²) in [6, 6.07) is 3.93. The highest BCUT2D eigenvalue weighted by Gasteiger charge is 2.24. The molecule has 2 atom stereocenters. The summed E-state index contributed by atoms with van der Waals surface area (Å²) >= 11 is 0. The minimum Gasteiger partial charge on any atom is -0.465 e. The van der Waals surface area contributed by atoms with Crippen LogP contribution in [-0.4, -0.2) is 54.7 Å². The summed E-state index contributed by atoms with van der Waals surface area (Å²) < 4.78 is 4.97. The van der Waals surface area contributed by atoms with Crippen molar-refractivity contribution in [2.45, 2.75) is 51.5 Å². The highest BCUT2D eigenvalue weighted by molar-refractivity contribution is 5.75. The number of aryl methyl sites for hydroxylation is 2. The van der Waals surface area contributed by atoms with Crippen molar-refractivity contribution in [2.24, 2.45) is 11.7 Å². The predicted octanol–water partition coefficient (Wildman–Crippen LogP) is 1.97. The van der Waals surface area contributed by atoms with Crippen molar-refractivity contribution in [3.8, 4) is 0 Å². The van der Waals surface area contributed by atoms with Gasteiger partial charge in [-0.05, 0) is 69.5 Å². The Balaban J connectivity index is 1.39. The Labute approximate surface area is 156 Å². The molecule has 2 aliphatic rings. The van der Waals surface area contributed by atoms with Crippen molar-refractivity contribution in [3.63, 3.8) is 0 Å². The monoisotopic (exact) mass is 360 g/mol. The molecule has 1 fully saturated rings.